The summed E-state index contributed by atoms with van der Waals surface area (Å²) in [5.41, 5.74) is 8.17. The van der Waals surface area contributed by atoms with Crippen LogP contribution in [-0.4, -0.2) is 18.0 Å². The van der Waals surface area contributed by atoms with Crippen molar-refractivity contribution in [3.05, 3.63) is 65.6 Å². The Morgan fingerprint density at radius 2 is 1.88 bits per heavy atom. The van der Waals surface area contributed by atoms with Gasteiger partial charge in [0.1, 0.15) is 11.6 Å². The summed E-state index contributed by atoms with van der Waals surface area (Å²) in [5, 5.41) is 0.819. The number of aromatic nitrogens is 1. The highest BCUT2D eigenvalue weighted by molar-refractivity contribution is 5.97. The topological polar surface area (TPSA) is 63.2 Å². The van der Waals surface area contributed by atoms with Gasteiger partial charge in [-0.3, -0.25) is 20.6 Å². The summed E-state index contributed by atoms with van der Waals surface area (Å²) in [7, 11) is 1.59. The molecule has 1 amide bonds. The quantitative estimate of drug-likeness (QED) is 0.721. The molecule has 0 fully saturated rings. The molecule has 0 spiro atoms. The second-order valence-electron chi connectivity index (χ2n) is 5.28. The minimum absolute atomic E-state index is 0.358. The van der Waals surface area contributed by atoms with Crippen LogP contribution in [0.2, 0.25) is 0 Å². The molecule has 0 bridgehead atoms. The number of hydrogen-bond acceptors (Lipinski definition) is 4. The van der Waals surface area contributed by atoms with Crippen molar-refractivity contribution < 1.29 is 13.9 Å². The zero-order valence-electron chi connectivity index (χ0n) is 13.3. The number of hydrazine groups is 1. The number of halogens is 1. The van der Waals surface area contributed by atoms with Crippen molar-refractivity contribution in [2.24, 2.45) is 0 Å². The summed E-state index contributed by atoms with van der Waals surface area (Å²) >= 11 is 0. The van der Waals surface area contributed by atoms with E-state index in [-0.39, 0.29) is 11.7 Å². The molecule has 0 aliphatic heterocycles. The molecule has 24 heavy (non-hydrogen) atoms. The van der Waals surface area contributed by atoms with Crippen molar-refractivity contribution in [2.45, 2.75) is 6.92 Å². The second kappa shape index (κ2) is 6.54. The lowest BCUT2D eigenvalue weighted by Gasteiger charge is -2.13. The Bertz CT molecular complexity index is 895. The Balaban J connectivity index is 1.86. The maximum Gasteiger partial charge on any atom is 0.269 e. The molecule has 6 heteroatoms. The van der Waals surface area contributed by atoms with Gasteiger partial charge in [-0.15, -0.1) is 0 Å². The number of hydrogen-bond donors (Lipinski definition) is 2. The van der Waals surface area contributed by atoms with Gasteiger partial charge in [0.05, 0.1) is 18.3 Å². The van der Waals surface area contributed by atoms with Crippen LogP contribution in [0.15, 0.2) is 48.5 Å². The number of ether oxygens (including phenoxy) is 1. The molecule has 0 saturated carbocycles. The fourth-order valence-corrected chi connectivity index (χ4v) is 2.37. The number of anilines is 1. The molecule has 3 rings (SSSR count). The highest BCUT2D eigenvalue weighted by atomic mass is 19.1. The van der Waals surface area contributed by atoms with Gasteiger partial charge >= 0.3 is 0 Å². The fourth-order valence-electron chi connectivity index (χ4n) is 2.37. The van der Waals surface area contributed by atoms with E-state index in [1.54, 1.807) is 7.11 Å². The first-order chi connectivity index (χ1) is 11.6. The predicted molar refractivity (Wildman–Crippen MR) is 90.5 cm³/mol. The van der Waals surface area contributed by atoms with E-state index in [1.807, 2.05) is 31.2 Å². The molecule has 2 aromatic carbocycles. The highest BCUT2D eigenvalue weighted by Gasteiger charge is 2.09. The van der Waals surface area contributed by atoms with Crippen LogP contribution in [0.3, 0.4) is 0 Å². The molecule has 3 aromatic rings. The van der Waals surface area contributed by atoms with Gasteiger partial charge in [0.2, 0.25) is 0 Å². The van der Waals surface area contributed by atoms with Crippen LogP contribution in [-0.2, 0) is 0 Å². The van der Waals surface area contributed by atoms with Gasteiger partial charge in [-0.25, -0.2) is 4.39 Å². The normalized spacial score (nSPS) is 10.5. The van der Waals surface area contributed by atoms with Crippen LogP contribution in [0.5, 0.6) is 5.75 Å². The summed E-state index contributed by atoms with van der Waals surface area (Å²) < 4.78 is 18.2. The standard InChI is InChI=1S/C18H16FN3O2/c1-11-9-17(15-10-14(24-2)7-8-16(15)20-11)21-22-18(23)12-3-5-13(19)6-4-12/h3-10H,1-2H3,(H,20,21)(H,22,23). The number of carbonyl (C=O) groups is 1. The molecule has 1 heterocycles. The van der Waals surface area contributed by atoms with Crippen LogP contribution in [0.4, 0.5) is 10.1 Å². The molecule has 122 valence electrons. The van der Waals surface area contributed by atoms with E-state index in [0.717, 1.165) is 16.6 Å². The highest BCUT2D eigenvalue weighted by Crippen LogP contribution is 2.26. The Kier molecular flexibility index (Phi) is 4.29. The van der Waals surface area contributed by atoms with E-state index in [2.05, 4.69) is 15.8 Å². The van der Waals surface area contributed by atoms with E-state index in [9.17, 15) is 9.18 Å². The van der Waals surface area contributed by atoms with Crippen LogP contribution >= 0.6 is 0 Å². The van der Waals surface area contributed by atoms with E-state index in [1.165, 1.54) is 24.3 Å². The van der Waals surface area contributed by atoms with Crippen molar-refractivity contribution >= 4 is 22.5 Å². The van der Waals surface area contributed by atoms with Crippen molar-refractivity contribution in [3.63, 3.8) is 0 Å². The molecule has 0 atom stereocenters. The molecule has 2 N–H and O–H groups in total. The Labute approximate surface area is 138 Å². The van der Waals surface area contributed by atoms with E-state index in [4.69, 9.17) is 4.74 Å². The predicted octanol–water partition coefficient (Wildman–Crippen LogP) is 3.45. The summed E-state index contributed by atoms with van der Waals surface area (Å²) in [6.07, 6.45) is 0. The van der Waals surface area contributed by atoms with Crippen LogP contribution in [0, 0.1) is 12.7 Å². The maximum atomic E-state index is 12.9. The van der Waals surface area contributed by atoms with Crippen molar-refractivity contribution in [1.82, 2.24) is 10.4 Å². The smallest absolute Gasteiger partial charge is 0.269 e. The van der Waals surface area contributed by atoms with Gasteiger partial charge in [0, 0.05) is 16.6 Å². The first-order valence-corrected chi connectivity index (χ1v) is 7.34. The van der Waals surface area contributed by atoms with Gasteiger partial charge in [-0.2, -0.15) is 0 Å². The summed E-state index contributed by atoms with van der Waals surface area (Å²) in [6, 6.07) is 12.7. The number of nitrogens with zero attached hydrogens (tertiary/aromatic N) is 1. The molecule has 0 radical (unpaired) electrons. The van der Waals surface area contributed by atoms with Crippen LogP contribution < -0.4 is 15.6 Å². The van der Waals surface area contributed by atoms with Crippen molar-refractivity contribution in [3.8, 4) is 5.75 Å². The Hall–Kier alpha value is -3.15. The minimum atomic E-state index is -0.387. The van der Waals surface area contributed by atoms with E-state index < -0.39 is 0 Å². The molecule has 0 unspecified atom stereocenters. The number of carbonyl (C=O) groups excluding carboxylic acids is 1. The summed E-state index contributed by atoms with van der Waals surface area (Å²) in [5.74, 6) is -0.0519. The van der Waals surface area contributed by atoms with Gasteiger partial charge in [0.25, 0.3) is 5.91 Å². The Morgan fingerprint density at radius 1 is 1.12 bits per heavy atom. The molecular formula is C18H16FN3O2. The van der Waals surface area contributed by atoms with Crippen LogP contribution in [0.1, 0.15) is 16.1 Å². The molecule has 1 aromatic heterocycles. The summed E-state index contributed by atoms with van der Waals surface area (Å²) in [6.45, 7) is 1.87. The van der Waals surface area contributed by atoms with Gasteiger partial charge < -0.3 is 4.74 Å². The minimum Gasteiger partial charge on any atom is -0.497 e. The third kappa shape index (κ3) is 3.27. The lowest BCUT2D eigenvalue weighted by Crippen LogP contribution is -2.29. The van der Waals surface area contributed by atoms with Crippen molar-refractivity contribution in [1.29, 1.82) is 0 Å². The first kappa shape index (κ1) is 15.7. The molecular weight excluding hydrogens is 309 g/mol. The van der Waals surface area contributed by atoms with Gasteiger partial charge in [-0.05, 0) is 55.5 Å². The number of aryl methyl sites for hydroxylation is 1. The first-order valence-electron chi connectivity index (χ1n) is 7.34. The number of rotatable bonds is 4. The lowest BCUT2D eigenvalue weighted by atomic mass is 10.1. The number of amides is 1. The molecule has 0 aliphatic carbocycles. The number of benzene rings is 2. The van der Waals surface area contributed by atoms with Gasteiger partial charge in [-0.1, -0.05) is 0 Å². The zero-order chi connectivity index (χ0) is 17.1. The second-order valence-corrected chi connectivity index (χ2v) is 5.28. The Morgan fingerprint density at radius 3 is 2.58 bits per heavy atom. The third-order valence-corrected chi connectivity index (χ3v) is 3.56. The summed E-state index contributed by atoms with van der Waals surface area (Å²) in [4.78, 5) is 16.6. The maximum absolute atomic E-state index is 12.9. The monoisotopic (exact) mass is 325 g/mol. The van der Waals surface area contributed by atoms with E-state index >= 15 is 0 Å². The number of nitrogens with one attached hydrogen (secondary N) is 2. The fraction of sp³-hybridized carbons (Fsp3) is 0.111. The van der Waals surface area contributed by atoms with E-state index in [0.29, 0.717) is 17.0 Å². The number of pyridine rings is 1. The van der Waals surface area contributed by atoms with Crippen LogP contribution in [0.25, 0.3) is 10.9 Å². The number of fused-ring (bicyclic) bond motifs is 1. The molecule has 0 aliphatic rings. The average molecular weight is 325 g/mol. The zero-order valence-corrected chi connectivity index (χ0v) is 13.3. The largest absolute Gasteiger partial charge is 0.497 e. The lowest BCUT2D eigenvalue weighted by molar-refractivity contribution is 0.0962. The van der Waals surface area contributed by atoms with Gasteiger partial charge in [0.15, 0.2) is 0 Å². The molecule has 0 saturated heterocycles. The number of methoxy groups -OCH3 is 1. The average Bonchev–Trinajstić information content (AvgIpc) is 2.59. The third-order valence-electron chi connectivity index (χ3n) is 3.56. The SMILES string of the molecule is COc1ccc2nc(C)cc(NNC(=O)c3ccc(F)cc3)c2c1. The molecule has 5 nitrogen and oxygen atoms in total. The van der Waals surface area contributed by atoms with Crippen molar-refractivity contribution in [2.75, 3.05) is 12.5 Å².